The van der Waals surface area contributed by atoms with Crippen molar-refractivity contribution in [2.24, 2.45) is 0 Å². The summed E-state index contributed by atoms with van der Waals surface area (Å²) < 4.78 is 37.0. The molecule has 0 saturated heterocycles. The van der Waals surface area contributed by atoms with Gasteiger partial charge in [-0.25, -0.2) is 0 Å². The summed E-state index contributed by atoms with van der Waals surface area (Å²) in [5, 5.41) is 10.6. The second-order valence-corrected chi connectivity index (χ2v) is 19.8. The summed E-state index contributed by atoms with van der Waals surface area (Å²) in [6, 6.07) is 43.1. The summed E-state index contributed by atoms with van der Waals surface area (Å²) in [6.45, 7) is 4.87. The molecule has 1 atom stereocenters. The van der Waals surface area contributed by atoms with Crippen LogP contribution in [0.4, 0.5) is 0 Å². The van der Waals surface area contributed by atoms with E-state index in [0.29, 0.717) is 5.56 Å². The second-order valence-electron chi connectivity index (χ2n) is 14.8. The fourth-order valence-electron chi connectivity index (χ4n) is 8.98. The first-order valence-corrected chi connectivity index (χ1v) is 20.5. The van der Waals surface area contributed by atoms with Crippen molar-refractivity contribution in [3.63, 3.8) is 0 Å². The highest BCUT2D eigenvalue weighted by Crippen LogP contribution is 2.51. The number of aromatic nitrogens is 2. The van der Waals surface area contributed by atoms with Crippen LogP contribution < -0.4 is 14.3 Å². The molecule has 0 radical (unpaired) electrons. The normalized spacial score (nSPS) is 17.4. The first-order chi connectivity index (χ1) is 25.0. The highest BCUT2D eigenvalue weighted by atomic mass is 28.3. The average molecular weight is 650 g/mol. The van der Waals surface area contributed by atoms with Gasteiger partial charge < -0.3 is 4.42 Å². The first kappa shape index (κ1) is 24.5. The van der Waals surface area contributed by atoms with Gasteiger partial charge in [-0.2, -0.15) is 0 Å². The maximum Gasteiger partial charge on any atom is 0.417 e. The predicted octanol–water partition coefficient (Wildman–Crippen LogP) is 9.73. The summed E-state index contributed by atoms with van der Waals surface area (Å²) in [5.74, 6) is 0. The molecule has 2 aliphatic heterocycles. The van der Waals surface area contributed by atoms with E-state index < -0.39 is 20.6 Å². The fraction of sp³-hybridized carbons (Fsp3) is 0.111. The number of nitrogens with zero attached hydrogens (tertiary/aromatic N) is 2. The molecule has 1 unspecified atom stereocenters. The number of rotatable bonds is 1. The number of hydrogen-bond donors (Lipinski definition) is 0. The zero-order valence-corrected chi connectivity index (χ0v) is 28.5. The van der Waals surface area contributed by atoms with Gasteiger partial charge in [0.1, 0.15) is 27.9 Å². The van der Waals surface area contributed by atoms with Crippen LogP contribution in [0.5, 0.6) is 0 Å². The molecular formula is C45H34N2OSi+2. The van der Waals surface area contributed by atoms with Gasteiger partial charge in [-0.3, -0.25) is 0 Å². The number of fused-ring (bicyclic) bond motifs is 20. The summed E-state index contributed by atoms with van der Waals surface area (Å²) >= 11 is 0. The molecule has 0 bridgehead atoms. The molecule has 49 heavy (non-hydrogen) atoms. The summed E-state index contributed by atoms with van der Waals surface area (Å²) in [5.41, 5.74) is 7.45. The van der Waals surface area contributed by atoms with Crippen molar-refractivity contribution in [3.05, 3.63) is 150 Å². The molecule has 2 aliphatic rings. The van der Waals surface area contributed by atoms with Crippen molar-refractivity contribution < 1.29 is 17.7 Å². The van der Waals surface area contributed by atoms with E-state index in [1.54, 1.807) is 6.07 Å². The zero-order valence-electron chi connectivity index (χ0n) is 30.5. The Morgan fingerprint density at radius 3 is 2.02 bits per heavy atom. The lowest BCUT2D eigenvalue weighted by Gasteiger charge is -2.20. The Morgan fingerprint density at radius 2 is 1.29 bits per heavy atom. The maximum atomic E-state index is 8.42. The molecule has 5 heterocycles. The van der Waals surface area contributed by atoms with Crippen LogP contribution in [-0.2, 0) is 5.66 Å². The van der Waals surface area contributed by atoms with Gasteiger partial charge in [-0.05, 0) is 81.1 Å². The molecule has 0 aliphatic carbocycles. The van der Waals surface area contributed by atoms with E-state index in [1.165, 1.54) is 37.7 Å². The highest BCUT2D eigenvalue weighted by molar-refractivity contribution is 6.88. The van der Waals surface area contributed by atoms with Gasteiger partial charge in [-0.15, -0.1) is 9.13 Å². The molecule has 0 N–H and O–H groups in total. The Morgan fingerprint density at radius 1 is 0.592 bits per heavy atom. The molecule has 11 rings (SSSR count). The molecule has 3 nitrogen and oxygen atoms in total. The number of furan rings is 1. The van der Waals surface area contributed by atoms with Crippen molar-refractivity contribution in [3.8, 4) is 22.5 Å². The third-order valence-electron chi connectivity index (χ3n) is 11.2. The van der Waals surface area contributed by atoms with Gasteiger partial charge >= 0.3 is 5.66 Å². The molecule has 0 fully saturated rings. The van der Waals surface area contributed by atoms with Gasteiger partial charge in [0.15, 0.2) is 12.4 Å². The van der Waals surface area contributed by atoms with Crippen molar-refractivity contribution >= 4 is 67.5 Å². The molecule has 232 valence electrons. The third kappa shape index (κ3) is 3.32. The predicted molar refractivity (Wildman–Crippen MR) is 203 cm³/mol. The molecule has 0 amide bonds. The van der Waals surface area contributed by atoms with E-state index in [1.807, 2.05) is 12.3 Å². The van der Waals surface area contributed by atoms with Crippen molar-refractivity contribution in [2.45, 2.75) is 32.2 Å². The Kier molecular flexibility index (Phi) is 4.56. The molecule has 1 spiro atoms. The van der Waals surface area contributed by atoms with Crippen molar-refractivity contribution in [1.82, 2.24) is 0 Å². The molecule has 4 heteroatoms. The first-order valence-electron chi connectivity index (χ1n) is 18.5. The Balaban J connectivity index is 1.30. The second kappa shape index (κ2) is 9.10. The summed E-state index contributed by atoms with van der Waals surface area (Å²) in [7, 11) is -1.72. The number of aryl methyl sites for hydroxylation is 1. The van der Waals surface area contributed by atoms with Crippen molar-refractivity contribution in [1.29, 1.82) is 0 Å². The smallest absolute Gasteiger partial charge is 0.417 e. The number of hydrogen-bond acceptors (Lipinski definition) is 1. The minimum Gasteiger partial charge on any atom is -0.455 e. The van der Waals surface area contributed by atoms with Crippen LogP contribution >= 0.6 is 0 Å². The van der Waals surface area contributed by atoms with Gasteiger partial charge in [-0.1, -0.05) is 86.4 Å². The van der Waals surface area contributed by atoms with Gasteiger partial charge in [0.25, 0.3) is 0 Å². The van der Waals surface area contributed by atoms with Crippen molar-refractivity contribution in [2.75, 3.05) is 0 Å². The zero-order chi connectivity index (χ0) is 35.3. The average Bonchev–Trinajstić information content (AvgIpc) is 3.76. The van der Waals surface area contributed by atoms with Gasteiger partial charge in [0.2, 0.25) is 11.4 Å². The van der Waals surface area contributed by atoms with Crippen LogP contribution in [0.3, 0.4) is 0 Å². The topological polar surface area (TPSA) is 20.9 Å². The minimum absolute atomic E-state index is 0.311. The molecule has 0 saturated carbocycles. The van der Waals surface area contributed by atoms with Crippen LogP contribution in [0.15, 0.2) is 138 Å². The SMILES string of the molecule is [2H]C([2H])([2H])c1cc[n+]2c(c1)-c1c(ccc3c1oc1cc4c5ccccc5c5ccccc5c4cc13)C21c2ccccc2-c2ccc([Si](C)(C)C)c[n+]21. The quantitative estimate of drug-likeness (QED) is 0.0986. The molecular weight excluding hydrogens is 613 g/mol. The molecule has 6 aromatic carbocycles. The summed E-state index contributed by atoms with van der Waals surface area (Å²) in [4.78, 5) is 0. The van der Waals surface area contributed by atoms with Crippen LogP contribution in [0.25, 0.3) is 76.8 Å². The lowest BCUT2D eigenvalue weighted by Crippen LogP contribution is -2.72. The fourth-order valence-corrected chi connectivity index (χ4v) is 10.1. The molecule has 3 aromatic heterocycles. The molecule has 9 aromatic rings. The van der Waals surface area contributed by atoms with Crippen LogP contribution in [0, 0.1) is 6.85 Å². The van der Waals surface area contributed by atoms with E-state index >= 15 is 0 Å². The van der Waals surface area contributed by atoms with E-state index in [-0.39, 0.29) is 0 Å². The van der Waals surface area contributed by atoms with E-state index in [0.717, 1.165) is 55.4 Å². The lowest BCUT2D eigenvalue weighted by atomic mass is 9.89. The summed E-state index contributed by atoms with van der Waals surface area (Å²) in [6.07, 6.45) is 4.34. The van der Waals surface area contributed by atoms with E-state index in [9.17, 15) is 0 Å². The van der Waals surface area contributed by atoms with E-state index in [2.05, 4.69) is 144 Å². The Hall–Kier alpha value is -5.58. The van der Waals surface area contributed by atoms with Crippen LogP contribution in [0.2, 0.25) is 19.6 Å². The minimum atomic E-state index is -2.27. The van der Waals surface area contributed by atoms with Gasteiger partial charge in [0, 0.05) is 38.3 Å². The third-order valence-corrected chi connectivity index (χ3v) is 13.2. The monoisotopic (exact) mass is 649 g/mol. The Bertz CT molecular complexity index is 3060. The standard InChI is InChI=1S/C45H34N2OSi/c1-27-21-22-46-41(23-27)43-39(45(46)38-16-10-9-15-34(38)40-20-17-28(26-47(40)45)49(2,3)4)19-18-33-37-24-35-31-13-7-5-11-29(31)30-12-6-8-14-32(30)36(35)25-42(37)48-44(33)43/h5-26H,1-4H3/q+2/i1D3. The number of pyridine rings is 2. The van der Waals surface area contributed by atoms with Crippen LogP contribution in [-0.4, -0.2) is 8.07 Å². The Labute approximate surface area is 289 Å². The lowest BCUT2D eigenvalue weighted by molar-refractivity contribution is -0.954. The van der Waals surface area contributed by atoms with Crippen LogP contribution in [0.1, 0.15) is 20.8 Å². The van der Waals surface area contributed by atoms with Gasteiger partial charge in [0.05, 0.1) is 13.6 Å². The maximum absolute atomic E-state index is 8.42. The largest absolute Gasteiger partial charge is 0.455 e. The van der Waals surface area contributed by atoms with E-state index in [4.69, 9.17) is 8.53 Å². The number of benzene rings is 6. The highest BCUT2D eigenvalue weighted by Gasteiger charge is 2.67.